The lowest BCUT2D eigenvalue weighted by atomic mass is 9.86. The van der Waals surface area contributed by atoms with Crippen LogP contribution in [-0.4, -0.2) is 28.5 Å². The van der Waals surface area contributed by atoms with E-state index in [2.05, 4.69) is 26.2 Å². The van der Waals surface area contributed by atoms with Crippen molar-refractivity contribution in [2.75, 3.05) is 6.54 Å². The molecule has 0 bridgehead atoms. The van der Waals surface area contributed by atoms with E-state index in [9.17, 15) is 14.7 Å². The van der Waals surface area contributed by atoms with Gasteiger partial charge in [0.1, 0.15) is 4.60 Å². The van der Waals surface area contributed by atoms with Gasteiger partial charge in [-0.25, -0.2) is 4.98 Å². The van der Waals surface area contributed by atoms with Crippen LogP contribution >= 0.6 is 15.9 Å². The highest BCUT2D eigenvalue weighted by Crippen LogP contribution is 2.37. The molecule has 0 spiro atoms. The second-order valence-corrected chi connectivity index (χ2v) is 5.57. The normalized spacial score (nSPS) is 17.1. The Kier molecular flexibility index (Phi) is 4.19. The molecule has 5 nitrogen and oxygen atoms in total. The zero-order valence-electron chi connectivity index (χ0n) is 10.4. The number of halogens is 1. The molecule has 0 atom stereocenters. The molecule has 102 valence electrons. The molecule has 0 radical (unpaired) electrons. The maximum Gasteiger partial charge on any atom is 0.311 e. The average molecular weight is 327 g/mol. The van der Waals surface area contributed by atoms with Crippen molar-refractivity contribution in [1.82, 2.24) is 10.3 Å². The summed E-state index contributed by atoms with van der Waals surface area (Å²) in [5, 5.41) is 12.0. The molecule has 1 amide bonds. The van der Waals surface area contributed by atoms with E-state index in [1.807, 2.05) is 0 Å². The summed E-state index contributed by atoms with van der Waals surface area (Å²) >= 11 is 3.20. The van der Waals surface area contributed by atoms with Crippen molar-refractivity contribution >= 4 is 27.8 Å². The smallest absolute Gasteiger partial charge is 0.311 e. The third-order valence-corrected chi connectivity index (χ3v) is 4.24. The number of aromatic nitrogens is 1. The van der Waals surface area contributed by atoms with Crippen molar-refractivity contribution in [3.63, 3.8) is 0 Å². The number of nitrogens with one attached hydrogen (secondary N) is 1. The van der Waals surface area contributed by atoms with Crippen LogP contribution in [0, 0.1) is 5.41 Å². The fraction of sp³-hybridized carbons (Fsp3) is 0.462. The van der Waals surface area contributed by atoms with Gasteiger partial charge in [-0.3, -0.25) is 9.59 Å². The van der Waals surface area contributed by atoms with Crippen LogP contribution in [-0.2, 0) is 4.79 Å². The third-order valence-electron chi connectivity index (χ3n) is 3.61. The van der Waals surface area contributed by atoms with Crippen LogP contribution in [0.5, 0.6) is 0 Å². The van der Waals surface area contributed by atoms with Crippen molar-refractivity contribution < 1.29 is 14.7 Å². The van der Waals surface area contributed by atoms with Gasteiger partial charge in [0.15, 0.2) is 0 Å². The Morgan fingerprint density at radius 3 is 2.68 bits per heavy atom. The number of hydrogen-bond donors (Lipinski definition) is 2. The maximum atomic E-state index is 12.0. The molecule has 0 saturated heterocycles. The Bertz CT molecular complexity index is 498. The molecule has 1 aliphatic rings. The van der Waals surface area contributed by atoms with E-state index in [0.717, 1.165) is 12.8 Å². The fourth-order valence-electron chi connectivity index (χ4n) is 2.42. The molecule has 0 aliphatic heterocycles. The molecule has 1 aromatic heterocycles. The molecule has 2 rings (SSSR count). The monoisotopic (exact) mass is 326 g/mol. The molecule has 0 aromatic carbocycles. The Labute approximate surface area is 119 Å². The van der Waals surface area contributed by atoms with Crippen LogP contribution in [0.2, 0.25) is 0 Å². The fourth-order valence-corrected chi connectivity index (χ4v) is 2.85. The van der Waals surface area contributed by atoms with E-state index < -0.39 is 11.4 Å². The van der Waals surface area contributed by atoms with Crippen molar-refractivity contribution in [2.24, 2.45) is 5.41 Å². The highest BCUT2D eigenvalue weighted by Gasteiger charge is 2.41. The number of nitrogens with zero attached hydrogens (tertiary/aromatic N) is 1. The van der Waals surface area contributed by atoms with Gasteiger partial charge in [0.25, 0.3) is 5.91 Å². The standard InChI is InChI=1S/C13H15BrN2O3/c14-10-9(4-3-7-15-10)11(17)16-8-13(12(18)19)5-1-2-6-13/h3-4,7H,1-2,5-6,8H2,(H,16,17)(H,18,19). The largest absolute Gasteiger partial charge is 0.481 e. The predicted octanol–water partition coefficient (Wildman–Crippen LogP) is 2.22. The van der Waals surface area contributed by atoms with E-state index in [0.29, 0.717) is 23.0 Å². The lowest BCUT2D eigenvalue weighted by Gasteiger charge is -2.24. The molecule has 1 heterocycles. The first-order valence-corrected chi connectivity index (χ1v) is 6.97. The Morgan fingerprint density at radius 2 is 2.11 bits per heavy atom. The first kappa shape index (κ1) is 14.0. The molecule has 6 heteroatoms. The number of amides is 1. The highest BCUT2D eigenvalue weighted by atomic mass is 79.9. The minimum absolute atomic E-state index is 0.169. The summed E-state index contributed by atoms with van der Waals surface area (Å²) < 4.78 is 0.461. The van der Waals surface area contributed by atoms with Gasteiger partial charge >= 0.3 is 5.97 Å². The van der Waals surface area contributed by atoms with Gasteiger partial charge < -0.3 is 10.4 Å². The van der Waals surface area contributed by atoms with Crippen molar-refractivity contribution in [1.29, 1.82) is 0 Å². The van der Waals surface area contributed by atoms with E-state index in [-0.39, 0.29) is 12.5 Å². The zero-order chi connectivity index (χ0) is 13.9. The van der Waals surface area contributed by atoms with Gasteiger partial charge in [-0.2, -0.15) is 0 Å². The number of carboxylic acid groups (broad SMARTS) is 1. The maximum absolute atomic E-state index is 12.0. The lowest BCUT2D eigenvalue weighted by molar-refractivity contribution is -0.148. The quantitative estimate of drug-likeness (QED) is 0.831. The SMILES string of the molecule is O=C(NCC1(C(=O)O)CCCC1)c1cccnc1Br. The Balaban J connectivity index is 2.04. The van der Waals surface area contributed by atoms with Crippen LogP contribution in [0.25, 0.3) is 0 Å². The topological polar surface area (TPSA) is 79.3 Å². The lowest BCUT2D eigenvalue weighted by Crippen LogP contribution is -2.41. The van der Waals surface area contributed by atoms with Gasteiger partial charge in [-0.1, -0.05) is 12.8 Å². The third kappa shape index (κ3) is 2.94. The van der Waals surface area contributed by atoms with E-state index in [4.69, 9.17) is 0 Å². The van der Waals surface area contributed by atoms with E-state index in [1.165, 1.54) is 0 Å². The van der Waals surface area contributed by atoms with Crippen molar-refractivity contribution in [3.05, 3.63) is 28.5 Å². The van der Waals surface area contributed by atoms with Crippen molar-refractivity contribution in [2.45, 2.75) is 25.7 Å². The second-order valence-electron chi connectivity index (χ2n) is 4.82. The van der Waals surface area contributed by atoms with Gasteiger partial charge in [0.05, 0.1) is 11.0 Å². The minimum Gasteiger partial charge on any atom is -0.481 e. The summed E-state index contributed by atoms with van der Waals surface area (Å²) in [5.74, 6) is -1.12. The molecule has 19 heavy (non-hydrogen) atoms. The van der Waals surface area contributed by atoms with E-state index >= 15 is 0 Å². The average Bonchev–Trinajstić information content (AvgIpc) is 2.86. The molecule has 0 unspecified atom stereocenters. The second kappa shape index (κ2) is 5.69. The van der Waals surface area contributed by atoms with Crippen molar-refractivity contribution in [3.8, 4) is 0 Å². The van der Waals surface area contributed by atoms with Crippen LogP contribution in [0.4, 0.5) is 0 Å². The molecule has 1 saturated carbocycles. The summed E-state index contributed by atoms with van der Waals surface area (Å²) in [6.07, 6.45) is 4.63. The van der Waals surface area contributed by atoms with Gasteiger partial charge in [-0.05, 0) is 40.9 Å². The molecule has 1 aromatic rings. The molecule has 1 fully saturated rings. The van der Waals surface area contributed by atoms with Gasteiger partial charge in [0.2, 0.25) is 0 Å². The first-order valence-electron chi connectivity index (χ1n) is 6.17. The summed E-state index contributed by atoms with van der Waals surface area (Å²) in [7, 11) is 0. The number of carbonyl (C=O) groups is 2. The van der Waals surface area contributed by atoms with Crippen LogP contribution in [0.1, 0.15) is 36.0 Å². The number of hydrogen-bond acceptors (Lipinski definition) is 3. The van der Waals surface area contributed by atoms with Crippen LogP contribution in [0.15, 0.2) is 22.9 Å². The highest BCUT2D eigenvalue weighted by molar-refractivity contribution is 9.10. The minimum atomic E-state index is -0.824. The number of rotatable bonds is 4. The van der Waals surface area contributed by atoms with Gasteiger partial charge in [0, 0.05) is 12.7 Å². The van der Waals surface area contributed by atoms with Gasteiger partial charge in [-0.15, -0.1) is 0 Å². The Hall–Kier alpha value is -1.43. The molecule has 2 N–H and O–H groups in total. The van der Waals surface area contributed by atoms with Crippen LogP contribution < -0.4 is 5.32 Å². The Morgan fingerprint density at radius 1 is 1.42 bits per heavy atom. The number of carbonyl (C=O) groups excluding carboxylic acids is 1. The van der Waals surface area contributed by atoms with E-state index in [1.54, 1.807) is 18.3 Å². The summed E-state index contributed by atoms with van der Waals surface area (Å²) in [4.78, 5) is 27.4. The summed E-state index contributed by atoms with van der Waals surface area (Å²) in [5.41, 5.74) is -0.384. The summed E-state index contributed by atoms with van der Waals surface area (Å²) in [6, 6.07) is 3.32. The number of pyridine rings is 1. The molecular weight excluding hydrogens is 312 g/mol. The van der Waals surface area contributed by atoms with Crippen LogP contribution in [0.3, 0.4) is 0 Å². The molecular formula is C13H15BrN2O3. The first-order chi connectivity index (χ1) is 9.05. The summed E-state index contributed by atoms with van der Waals surface area (Å²) in [6.45, 7) is 0.169. The molecule has 1 aliphatic carbocycles. The number of aliphatic carboxylic acids is 1. The number of carboxylic acids is 1. The zero-order valence-corrected chi connectivity index (χ0v) is 11.9. The predicted molar refractivity (Wildman–Crippen MR) is 72.8 cm³/mol.